The lowest BCUT2D eigenvalue weighted by atomic mass is 10.1. The topological polar surface area (TPSA) is 35.6 Å². The smallest absolute Gasteiger partial charge is 0.251 e. The lowest BCUT2D eigenvalue weighted by molar-refractivity contribution is 0.0881. The van der Waals surface area contributed by atoms with Crippen molar-refractivity contribution >= 4 is 18.5 Å². The summed E-state index contributed by atoms with van der Waals surface area (Å²) in [6.45, 7) is 3.81. The number of hydrogen-bond acceptors (Lipinski definition) is 4. The molecule has 0 saturated carbocycles. The Hall–Kier alpha value is -1.04. The predicted molar refractivity (Wildman–Crippen MR) is 79.9 cm³/mol. The normalized spacial score (nSPS) is 21.3. The molecule has 1 heterocycles. The minimum Gasteiger partial charge on any atom is -0.350 e. The van der Waals surface area contributed by atoms with E-state index in [0.717, 1.165) is 24.5 Å². The Morgan fingerprint density at radius 3 is 2.68 bits per heavy atom. The lowest BCUT2D eigenvalue weighted by Gasteiger charge is -2.37. The molecule has 0 aliphatic carbocycles. The third-order valence-electron chi connectivity index (χ3n) is 3.61. The van der Waals surface area contributed by atoms with Crippen molar-refractivity contribution in [3.05, 3.63) is 29.8 Å². The summed E-state index contributed by atoms with van der Waals surface area (Å²) in [4.78, 5) is 17.5. The van der Waals surface area contributed by atoms with E-state index in [1.165, 1.54) is 0 Å². The van der Waals surface area contributed by atoms with Gasteiger partial charge in [-0.25, -0.2) is 0 Å². The Morgan fingerprint density at radius 2 is 2.00 bits per heavy atom. The van der Waals surface area contributed by atoms with Crippen molar-refractivity contribution in [3.8, 4) is 0 Å². The van der Waals surface area contributed by atoms with Crippen LogP contribution in [0.4, 0.5) is 0 Å². The summed E-state index contributed by atoms with van der Waals surface area (Å²) in [5.74, 6) is -0.0186. The van der Waals surface area contributed by atoms with E-state index in [2.05, 4.69) is 41.8 Å². The van der Waals surface area contributed by atoms with E-state index in [-0.39, 0.29) is 5.91 Å². The molecule has 1 aromatic rings. The molecule has 0 spiro atoms. The number of piperazine rings is 1. The maximum Gasteiger partial charge on any atom is 0.251 e. The van der Waals surface area contributed by atoms with Crippen molar-refractivity contribution < 1.29 is 4.79 Å². The van der Waals surface area contributed by atoms with E-state index in [1.54, 1.807) is 12.1 Å². The van der Waals surface area contributed by atoms with Crippen LogP contribution in [-0.4, -0.2) is 62.0 Å². The van der Waals surface area contributed by atoms with Gasteiger partial charge in [0, 0.05) is 42.7 Å². The number of carbonyl (C=O) groups excluding carboxylic acids is 1. The van der Waals surface area contributed by atoms with Crippen molar-refractivity contribution in [1.82, 2.24) is 15.1 Å². The van der Waals surface area contributed by atoms with Crippen LogP contribution in [0.15, 0.2) is 29.2 Å². The van der Waals surface area contributed by atoms with Gasteiger partial charge in [-0.1, -0.05) is 0 Å². The summed E-state index contributed by atoms with van der Waals surface area (Å²) in [6.07, 6.45) is 0. The molecule has 1 aliphatic heterocycles. The highest BCUT2D eigenvalue weighted by Crippen LogP contribution is 2.08. The Bertz CT molecular complexity index is 435. The summed E-state index contributed by atoms with van der Waals surface area (Å²) in [5.41, 5.74) is 0.685. The van der Waals surface area contributed by atoms with Crippen molar-refractivity contribution in [3.63, 3.8) is 0 Å². The van der Waals surface area contributed by atoms with Crippen LogP contribution in [0.3, 0.4) is 0 Å². The first-order valence-corrected chi connectivity index (χ1v) is 6.97. The van der Waals surface area contributed by atoms with Gasteiger partial charge in [-0.3, -0.25) is 9.69 Å². The summed E-state index contributed by atoms with van der Waals surface area (Å²) >= 11 is 4.21. The third kappa shape index (κ3) is 3.96. The molecule has 2 rings (SSSR count). The molecular weight excluding hydrogens is 258 g/mol. The van der Waals surface area contributed by atoms with Crippen molar-refractivity contribution in [2.45, 2.75) is 10.9 Å². The largest absolute Gasteiger partial charge is 0.350 e. The maximum absolute atomic E-state index is 12.0. The van der Waals surface area contributed by atoms with Gasteiger partial charge in [0.1, 0.15) is 0 Å². The number of thiol groups is 1. The second-order valence-corrected chi connectivity index (χ2v) is 5.67. The molecule has 5 heteroatoms. The number of likely N-dealkylation sites (N-methyl/N-ethyl adjacent to an activating group) is 2. The van der Waals surface area contributed by atoms with E-state index in [0.29, 0.717) is 18.2 Å². The van der Waals surface area contributed by atoms with Crippen LogP contribution in [0.5, 0.6) is 0 Å². The molecule has 1 saturated heterocycles. The van der Waals surface area contributed by atoms with Gasteiger partial charge in [-0.15, -0.1) is 12.6 Å². The molecule has 19 heavy (non-hydrogen) atoms. The molecule has 0 radical (unpaired) electrons. The van der Waals surface area contributed by atoms with Gasteiger partial charge in [0.2, 0.25) is 0 Å². The van der Waals surface area contributed by atoms with Gasteiger partial charge in [-0.2, -0.15) is 0 Å². The first kappa shape index (κ1) is 14.4. The SMILES string of the molecule is CN1CCN(C)C(CNC(=O)c2ccc(S)cc2)C1. The second-order valence-electron chi connectivity index (χ2n) is 5.15. The van der Waals surface area contributed by atoms with Crippen LogP contribution in [0.25, 0.3) is 0 Å². The van der Waals surface area contributed by atoms with Crippen molar-refractivity contribution in [1.29, 1.82) is 0 Å². The zero-order valence-corrected chi connectivity index (χ0v) is 12.4. The highest BCUT2D eigenvalue weighted by Gasteiger charge is 2.22. The Morgan fingerprint density at radius 1 is 1.32 bits per heavy atom. The average Bonchev–Trinajstić information content (AvgIpc) is 2.40. The van der Waals surface area contributed by atoms with Crippen LogP contribution in [0.1, 0.15) is 10.4 Å². The van der Waals surface area contributed by atoms with Crippen molar-refractivity contribution in [2.75, 3.05) is 40.3 Å². The highest BCUT2D eigenvalue weighted by atomic mass is 32.1. The number of carbonyl (C=O) groups is 1. The third-order valence-corrected chi connectivity index (χ3v) is 3.91. The molecule has 1 atom stereocenters. The molecule has 1 unspecified atom stereocenters. The zero-order chi connectivity index (χ0) is 13.8. The van der Waals surface area contributed by atoms with Crippen LogP contribution in [0, 0.1) is 0 Å². The molecule has 1 amide bonds. The van der Waals surface area contributed by atoms with E-state index in [9.17, 15) is 4.79 Å². The fourth-order valence-corrected chi connectivity index (χ4v) is 2.40. The number of hydrogen-bond donors (Lipinski definition) is 2. The first-order chi connectivity index (χ1) is 9.06. The van der Waals surface area contributed by atoms with Crippen LogP contribution >= 0.6 is 12.6 Å². The maximum atomic E-state index is 12.0. The second kappa shape index (κ2) is 6.41. The van der Waals surface area contributed by atoms with E-state index in [1.807, 2.05) is 12.1 Å². The number of rotatable bonds is 3. The molecular formula is C14H21N3OS. The molecule has 1 aromatic carbocycles. The number of nitrogens with one attached hydrogen (secondary N) is 1. The van der Waals surface area contributed by atoms with Gasteiger partial charge in [0.15, 0.2) is 0 Å². The van der Waals surface area contributed by atoms with Gasteiger partial charge in [0.25, 0.3) is 5.91 Å². The summed E-state index contributed by atoms with van der Waals surface area (Å²) in [7, 11) is 4.23. The molecule has 0 bridgehead atoms. The Kier molecular flexibility index (Phi) is 4.85. The van der Waals surface area contributed by atoms with Gasteiger partial charge < -0.3 is 10.2 Å². The number of amides is 1. The summed E-state index contributed by atoms with van der Waals surface area (Å²) < 4.78 is 0. The summed E-state index contributed by atoms with van der Waals surface area (Å²) in [5, 5.41) is 3.01. The molecule has 4 nitrogen and oxygen atoms in total. The van der Waals surface area contributed by atoms with Gasteiger partial charge in [0.05, 0.1) is 0 Å². The van der Waals surface area contributed by atoms with Crippen LogP contribution in [0.2, 0.25) is 0 Å². The average molecular weight is 279 g/mol. The Balaban J connectivity index is 1.87. The molecule has 1 N–H and O–H groups in total. The molecule has 1 fully saturated rings. The number of benzene rings is 1. The van der Waals surface area contributed by atoms with E-state index >= 15 is 0 Å². The number of nitrogens with zero attached hydrogens (tertiary/aromatic N) is 2. The zero-order valence-electron chi connectivity index (χ0n) is 11.5. The van der Waals surface area contributed by atoms with Crippen LogP contribution in [-0.2, 0) is 0 Å². The predicted octanol–water partition coefficient (Wildman–Crippen LogP) is 0.951. The first-order valence-electron chi connectivity index (χ1n) is 6.52. The fourth-order valence-electron chi connectivity index (χ4n) is 2.25. The highest BCUT2D eigenvalue weighted by molar-refractivity contribution is 7.80. The Labute approximate surface area is 120 Å². The molecule has 1 aliphatic rings. The summed E-state index contributed by atoms with van der Waals surface area (Å²) in [6, 6.07) is 7.65. The standard InChI is InChI=1S/C14H21N3OS/c1-16-7-8-17(2)12(10-16)9-15-14(18)11-3-5-13(19)6-4-11/h3-6,12,19H,7-10H2,1-2H3,(H,15,18). The minimum absolute atomic E-state index is 0.0186. The molecule has 104 valence electrons. The monoisotopic (exact) mass is 279 g/mol. The fraction of sp³-hybridized carbons (Fsp3) is 0.500. The quantitative estimate of drug-likeness (QED) is 0.809. The molecule has 0 aromatic heterocycles. The van der Waals surface area contributed by atoms with Crippen LogP contribution < -0.4 is 5.32 Å². The minimum atomic E-state index is -0.0186. The van der Waals surface area contributed by atoms with E-state index in [4.69, 9.17) is 0 Å². The van der Waals surface area contributed by atoms with Gasteiger partial charge >= 0.3 is 0 Å². The van der Waals surface area contributed by atoms with Crippen molar-refractivity contribution in [2.24, 2.45) is 0 Å². The van der Waals surface area contributed by atoms with E-state index < -0.39 is 0 Å². The lowest BCUT2D eigenvalue weighted by Crippen LogP contribution is -2.54. The van der Waals surface area contributed by atoms with Gasteiger partial charge in [-0.05, 0) is 38.4 Å².